The van der Waals surface area contributed by atoms with Crippen LogP contribution in [0.15, 0.2) is 47.5 Å². The number of carbonyl (C=O) groups is 2. The molecule has 12 heteroatoms. The van der Waals surface area contributed by atoms with E-state index in [1.165, 1.54) is 37.2 Å². The average Bonchev–Trinajstić information content (AvgIpc) is 2.84. The van der Waals surface area contributed by atoms with Crippen LogP contribution >= 0.6 is 11.6 Å². The van der Waals surface area contributed by atoms with Gasteiger partial charge in [0, 0.05) is 31.3 Å². The summed E-state index contributed by atoms with van der Waals surface area (Å²) in [7, 11) is 2.96. The fourth-order valence-corrected chi connectivity index (χ4v) is 3.35. The molecule has 2 aromatic carbocycles. The van der Waals surface area contributed by atoms with E-state index in [1.54, 1.807) is 13.0 Å². The Morgan fingerprint density at radius 1 is 1.22 bits per heavy atom. The lowest BCUT2D eigenvalue weighted by Crippen LogP contribution is -2.42. The molecule has 0 saturated carbocycles. The molecule has 0 fully saturated rings. The molecule has 0 saturated heterocycles. The number of rotatable bonds is 8. The lowest BCUT2D eigenvalue weighted by Gasteiger charge is -2.17. The van der Waals surface area contributed by atoms with Crippen LogP contribution in [-0.2, 0) is 11.4 Å². The van der Waals surface area contributed by atoms with E-state index in [9.17, 15) is 28.3 Å². The molecular weight excluding hydrogens is 498 g/mol. The third-order valence-electron chi connectivity index (χ3n) is 5.18. The molecule has 0 aliphatic heterocycles. The number of hydrogen-bond donors (Lipinski definition) is 2. The predicted octanol–water partition coefficient (Wildman–Crippen LogP) is 2.23. The molecule has 2 N–H and O–H groups in total. The van der Waals surface area contributed by atoms with E-state index < -0.39 is 35.1 Å². The van der Waals surface area contributed by atoms with Crippen molar-refractivity contribution >= 4 is 23.4 Å². The molecule has 1 heterocycles. The number of aryl methyl sites for hydroxylation is 1. The van der Waals surface area contributed by atoms with Gasteiger partial charge in [0.05, 0.1) is 12.2 Å². The number of benzene rings is 2. The minimum atomic E-state index is -1.41. The molecule has 1 unspecified atom stereocenters. The second kappa shape index (κ2) is 11.3. The second-order valence-corrected chi connectivity index (χ2v) is 8.40. The fraction of sp³-hybridized carbons (Fsp3) is 0.250. The summed E-state index contributed by atoms with van der Waals surface area (Å²) < 4.78 is 33.4. The van der Waals surface area contributed by atoms with Crippen LogP contribution in [0.3, 0.4) is 0 Å². The fourth-order valence-electron chi connectivity index (χ4n) is 3.16. The maximum Gasteiger partial charge on any atom is 0.280 e. The number of ether oxygens (including phenoxy) is 1. The topological polar surface area (TPSA) is 114 Å². The van der Waals surface area contributed by atoms with Crippen molar-refractivity contribution in [3.63, 3.8) is 0 Å². The molecule has 36 heavy (non-hydrogen) atoms. The first-order chi connectivity index (χ1) is 17.0. The Kier molecular flexibility index (Phi) is 8.38. The van der Waals surface area contributed by atoms with Crippen LogP contribution in [-0.4, -0.2) is 58.1 Å². The standard InChI is InChI=1S/C24H23ClF2N4O5/c1-13-4-5-14(21(33)28-10-19(32)23(34)30(2)3)8-18(13)31-12-29-22(20(25)24(31)35)36-11-15-6-7-16(26)9-17(15)27/h4-9,12,19,32H,10-11H2,1-3H3,(H,28,33). The molecule has 0 spiro atoms. The van der Waals surface area contributed by atoms with Crippen molar-refractivity contribution in [2.24, 2.45) is 0 Å². The molecule has 0 radical (unpaired) electrons. The van der Waals surface area contributed by atoms with Gasteiger partial charge in [0.1, 0.15) is 30.7 Å². The first-order valence-corrected chi connectivity index (χ1v) is 11.0. The van der Waals surface area contributed by atoms with Crippen LogP contribution in [0.1, 0.15) is 21.5 Å². The van der Waals surface area contributed by atoms with Crippen LogP contribution in [0.2, 0.25) is 5.02 Å². The lowest BCUT2D eigenvalue weighted by molar-refractivity contribution is -0.137. The average molecular weight is 521 g/mol. The van der Waals surface area contributed by atoms with E-state index in [2.05, 4.69) is 10.3 Å². The summed E-state index contributed by atoms with van der Waals surface area (Å²) in [6, 6.07) is 7.53. The lowest BCUT2D eigenvalue weighted by atomic mass is 10.1. The highest BCUT2D eigenvalue weighted by Gasteiger charge is 2.19. The number of hydrogen-bond acceptors (Lipinski definition) is 6. The van der Waals surface area contributed by atoms with Gasteiger partial charge in [-0.3, -0.25) is 19.0 Å². The summed E-state index contributed by atoms with van der Waals surface area (Å²) in [5.41, 5.74) is 0.439. The van der Waals surface area contributed by atoms with E-state index in [0.29, 0.717) is 17.3 Å². The van der Waals surface area contributed by atoms with E-state index in [0.717, 1.165) is 17.0 Å². The zero-order valence-corrected chi connectivity index (χ0v) is 20.3. The number of likely N-dealkylation sites (N-methyl/N-ethyl adjacent to an activating group) is 1. The predicted molar refractivity (Wildman–Crippen MR) is 127 cm³/mol. The van der Waals surface area contributed by atoms with Gasteiger partial charge in [-0.1, -0.05) is 17.7 Å². The van der Waals surface area contributed by atoms with Crippen molar-refractivity contribution in [1.82, 2.24) is 19.8 Å². The van der Waals surface area contributed by atoms with Gasteiger partial charge in [-0.2, -0.15) is 0 Å². The third-order valence-corrected chi connectivity index (χ3v) is 5.50. The molecular formula is C24H23ClF2N4O5. The van der Waals surface area contributed by atoms with Crippen LogP contribution in [0.25, 0.3) is 5.69 Å². The molecule has 2 amide bonds. The quantitative estimate of drug-likeness (QED) is 0.471. The highest BCUT2D eigenvalue weighted by molar-refractivity contribution is 6.31. The number of aliphatic hydroxyl groups is 1. The molecule has 3 aromatic rings. The number of nitrogens with zero attached hydrogens (tertiary/aromatic N) is 3. The van der Waals surface area contributed by atoms with Gasteiger partial charge in [0.2, 0.25) is 5.88 Å². The molecule has 3 rings (SSSR count). The Bertz CT molecular complexity index is 1360. The van der Waals surface area contributed by atoms with Crippen LogP contribution in [0.4, 0.5) is 8.78 Å². The highest BCUT2D eigenvalue weighted by Crippen LogP contribution is 2.22. The molecule has 9 nitrogen and oxygen atoms in total. The zero-order chi connectivity index (χ0) is 26.6. The molecule has 190 valence electrons. The van der Waals surface area contributed by atoms with E-state index in [-0.39, 0.29) is 35.2 Å². The number of aromatic nitrogens is 2. The molecule has 0 aliphatic rings. The van der Waals surface area contributed by atoms with Crippen LogP contribution < -0.4 is 15.6 Å². The summed E-state index contributed by atoms with van der Waals surface area (Å²) in [5, 5.41) is 12.0. The van der Waals surface area contributed by atoms with E-state index in [1.807, 2.05) is 0 Å². The Balaban J connectivity index is 1.80. The smallest absolute Gasteiger partial charge is 0.280 e. The van der Waals surface area contributed by atoms with Gasteiger partial charge in [0.25, 0.3) is 17.4 Å². The first kappa shape index (κ1) is 26.8. The number of amides is 2. The van der Waals surface area contributed by atoms with Gasteiger partial charge < -0.3 is 20.1 Å². The highest BCUT2D eigenvalue weighted by atomic mass is 35.5. The van der Waals surface area contributed by atoms with Crippen molar-refractivity contribution < 1.29 is 28.2 Å². The van der Waals surface area contributed by atoms with Crippen molar-refractivity contribution in [2.45, 2.75) is 19.6 Å². The SMILES string of the molecule is Cc1ccc(C(=O)NCC(O)C(=O)N(C)C)cc1-n1cnc(OCc2ccc(F)cc2F)c(Cl)c1=O. The van der Waals surface area contributed by atoms with Gasteiger partial charge in [-0.25, -0.2) is 13.8 Å². The number of aliphatic hydroxyl groups excluding tert-OH is 1. The second-order valence-electron chi connectivity index (χ2n) is 8.02. The molecule has 1 atom stereocenters. The Labute approximate surface area is 209 Å². The molecule has 0 bridgehead atoms. The summed E-state index contributed by atoms with van der Waals surface area (Å²) in [6.07, 6.45) is -0.260. The summed E-state index contributed by atoms with van der Waals surface area (Å²) in [5.74, 6) is -2.93. The first-order valence-electron chi connectivity index (χ1n) is 10.6. The maximum absolute atomic E-state index is 13.8. The summed E-state index contributed by atoms with van der Waals surface area (Å²) in [6.45, 7) is 1.07. The largest absolute Gasteiger partial charge is 0.471 e. The van der Waals surface area contributed by atoms with Gasteiger partial charge >= 0.3 is 0 Å². The minimum Gasteiger partial charge on any atom is -0.471 e. The van der Waals surface area contributed by atoms with Gasteiger partial charge in [-0.15, -0.1) is 0 Å². The van der Waals surface area contributed by atoms with Crippen LogP contribution in [0.5, 0.6) is 5.88 Å². The Morgan fingerprint density at radius 3 is 2.61 bits per heavy atom. The maximum atomic E-state index is 13.8. The summed E-state index contributed by atoms with van der Waals surface area (Å²) >= 11 is 6.16. The molecule has 1 aromatic heterocycles. The normalized spacial score (nSPS) is 11.6. The van der Waals surface area contributed by atoms with Crippen molar-refractivity contribution in [2.75, 3.05) is 20.6 Å². The number of nitrogens with one attached hydrogen (secondary N) is 1. The molecule has 0 aliphatic carbocycles. The monoisotopic (exact) mass is 520 g/mol. The minimum absolute atomic E-state index is 0.0467. The van der Waals surface area contributed by atoms with Crippen LogP contribution in [0, 0.1) is 18.6 Å². The van der Waals surface area contributed by atoms with Gasteiger partial charge in [0.15, 0.2) is 5.02 Å². The van der Waals surface area contributed by atoms with E-state index in [4.69, 9.17) is 16.3 Å². The zero-order valence-electron chi connectivity index (χ0n) is 19.6. The van der Waals surface area contributed by atoms with Crippen molar-refractivity contribution in [3.05, 3.63) is 86.4 Å². The van der Waals surface area contributed by atoms with Gasteiger partial charge in [-0.05, 0) is 36.8 Å². The Hall–Kier alpha value is -3.83. The van der Waals surface area contributed by atoms with Crippen molar-refractivity contribution in [3.8, 4) is 11.6 Å². The van der Waals surface area contributed by atoms with Crippen molar-refractivity contribution in [1.29, 1.82) is 0 Å². The third kappa shape index (κ3) is 6.04. The number of halogens is 3. The number of carbonyl (C=O) groups excluding carboxylic acids is 2. The Morgan fingerprint density at radius 2 is 1.94 bits per heavy atom. The van der Waals surface area contributed by atoms with E-state index >= 15 is 0 Å². The summed E-state index contributed by atoms with van der Waals surface area (Å²) in [4.78, 5) is 42.5.